The zero-order valence-corrected chi connectivity index (χ0v) is 16.8. The topological polar surface area (TPSA) is 0 Å². The Morgan fingerprint density at radius 3 is 0.600 bits per heavy atom. The van der Waals surface area contributed by atoms with E-state index in [1.165, 1.54) is 0 Å². The van der Waals surface area contributed by atoms with Crippen LogP contribution in [0.3, 0.4) is 0 Å². The van der Waals surface area contributed by atoms with Crippen molar-refractivity contribution in [3.8, 4) is 0 Å². The Kier molecular flexibility index (Phi) is 30.5. The lowest BCUT2D eigenvalue weighted by Gasteiger charge is -2.33. The predicted molar refractivity (Wildman–Crippen MR) is 103 cm³/mol. The second-order valence-electron chi connectivity index (χ2n) is 7.59. The molecule has 0 atom stereocenters. The first-order valence-corrected chi connectivity index (χ1v) is 8.35. The number of hydrogen-bond acceptors (Lipinski definition) is 0. The molecule has 0 N–H and O–H groups in total. The predicted octanol–water partition coefficient (Wildman–Crippen LogP) is 8.31. The summed E-state index contributed by atoms with van der Waals surface area (Å²) in [5, 5.41) is 0. The highest BCUT2D eigenvalue weighted by molar-refractivity contribution is 4.75. The van der Waals surface area contributed by atoms with Crippen molar-refractivity contribution in [1.82, 2.24) is 0 Å². The monoisotopic (exact) mass is 290 g/mol. The van der Waals surface area contributed by atoms with Crippen molar-refractivity contribution in [3.05, 3.63) is 0 Å². The fraction of sp³-hybridized carbons (Fsp3) is 1.00. The van der Waals surface area contributed by atoms with Crippen LogP contribution in [0.2, 0.25) is 0 Å². The Balaban J connectivity index is -0.0000000579. The summed E-state index contributed by atoms with van der Waals surface area (Å²) in [5.41, 5.74) is 0.500. The SMILES string of the molecule is C.CC.CC(C)C.CC(C)C.CC(C)C(C)(C)C(C)C. The molecule has 0 spiro atoms. The summed E-state index contributed by atoms with van der Waals surface area (Å²) in [5.74, 6) is 3.25. The van der Waals surface area contributed by atoms with Crippen molar-refractivity contribution in [1.29, 1.82) is 0 Å². The summed E-state index contributed by atoms with van der Waals surface area (Å²) >= 11 is 0. The Labute approximate surface area is 134 Å². The summed E-state index contributed by atoms with van der Waals surface area (Å²) in [4.78, 5) is 0. The summed E-state index contributed by atoms with van der Waals surface area (Å²) < 4.78 is 0. The second-order valence-corrected chi connectivity index (χ2v) is 7.59. The molecule has 20 heavy (non-hydrogen) atoms. The minimum Gasteiger partial charge on any atom is -0.0776 e. The third kappa shape index (κ3) is 36.1. The Morgan fingerprint density at radius 2 is 0.600 bits per heavy atom. The van der Waals surface area contributed by atoms with Gasteiger partial charge in [-0.25, -0.2) is 0 Å². The fourth-order valence-electron chi connectivity index (χ4n) is 0.667. The van der Waals surface area contributed by atoms with Gasteiger partial charge in [0, 0.05) is 0 Å². The molecule has 0 rings (SSSR count). The molecule has 0 heteroatoms. The van der Waals surface area contributed by atoms with Crippen LogP contribution in [-0.4, -0.2) is 0 Å². The molecule has 0 heterocycles. The molecule has 0 saturated heterocycles. The molecule has 0 bridgehead atoms. The van der Waals surface area contributed by atoms with Gasteiger partial charge in [-0.3, -0.25) is 0 Å². The molecule has 0 saturated carbocycles. The van der Waals surface area contributed by atoms with E-state index in [1.807, 2.05) is 13.8 Å². The van der Waals surface area contributed by atoms with E-state index in [-0.39, 0.29) is 7.43 Å². The highest BCUT2D eigenvalue weighted by Gasteiger charge is 2.25. The van der Waals surface area contributed by atoms with E-state index in [4.69, 9.17) is 0 Å². The first kappa shape index (κ1) is 32.1. The number of rotatable bonds is 2. The molecule has 0 aromatic heterocycles. The van der Waals surface area contributed by atoms with E-state index in [2.05, 4.69) is 83.1 Å². The van der Waals surface area contributed by atoms with Gasteiger partial charge in [0.2, 0.25) is 0 Å². The molecule has 0 unspecified atom stereocenters. The van der Waals surface area contributed by atoms with Gasteiger partial charge >= 0.3 is 0 Å². The van der Waals surface area contributed by atoms with E-state index in [9.17, 15) is 0 Å². The summed E-state index contributed by atoms with van der Waals surface area (Å²) in [6.45, 7) is 30.8. The van der Waals surface area contributed by atoms with Crippen LogP contribution in [-0.2, 0) is 0 Å². The van der Waals surface area contributed by atoms with E-state index in [0.29, 0.717) is 5.41 Å². The van der Waals surface area contributed by atoms with Gasteiger partial charge in [-0.2, -0.15) is 0 Å². The van der Waals surface area contributed by atoms with Crippen LogP contribution < -0.4 is 0 Å². The van der Waals surface area contributed by atoms with Crippen LogP contribution >= 0.6 is 0 Å². The summed E-state index contributed by atoms with van der Waals surface area (Å²) in [6, 6.07) is 0. The second kappa shape index (κ2) is 19.0. The van der Waals surface area contributed by atoms with Gasteiger partial charge in [-0.1, -0.05) is 104 Å². The largest absolute Gasteiger partial charge is 0.0776 e. The quantitative estimate of drug-likeness (QED) is 0.479. The van der Waals surface area contributed by atoms with E-state index >= 15 is 0 Å². The average molecular weight is 291 g/mol. The third-order valence-electron chi connectivity index (χ3n) is 2.98. The smallest absolute Gasteiger partial charge is 0.0308 e. The molecule has 0 fully saturated rings. The Bertz CT molecular complexity index is 117. The lowest BCUT2D eigenvalue weighted by atomic mass is 9.72. The molecule has 0 amide bonds. The fourth-order valence-corrected chi connectivity index (χ4v) is 0.667. The summed E-state index contributed by atoms with van der Waals surface area (Å²) in [7, 11) is 0. The van der Waals surface area contributed by atoms with Crippen LogP contribution in [0.4, 0.5) is 0 Å². The van der Waals surface area contributed by atoms with Crippen molar-refractivity contribution in [2.45, 2.75) is 104 Å². The van der Waals surface area contributed by atoms with Crippen LogP contribution in [0.25, 0.3) is 0 Å². The van der Waals surface area contributed by atoms with E-state index in [1.54, 1.807) is 0 Å². The van der Waals surface area contributed by atoms with Crippen molar-refractivity contribution < 1.29 is 0 Å². The van der Waals surface area contributed by atoms with E-state index in [0.717, 1.165) is 23.7 Å². The minimum absolute atomic E-state index is 0. The maximum atomic E-state index is 2.34. The van der Waals surface area contributed by atoms with Gasteiger partial charge in [0.15, 0.2) is 0 Å². The molecule has 0 aromatic rings. The van der Waals surface area contributed by atoms with Gasteiger partial charge in [0.05, 0.1) is 0 Å². The maximum Gasteiger partial charge on any atom is -0.0308 e. The van der Waals surface area contributed by atoms with E-state index < -0.39 is 0 Å². The van der Waals surface area contributed by atoms with Crippen LogP contribution in [0.1, 0.15) is 104 Å². The number of hydrogen-bond donors (Lipinski definition) is 0. The van der Waals surface area contributed by atoms with Crippen LogP contribution in [0, 0.1) is 29.1 Å². The lowest BCUT2D eigenvalue weighted by molar-refractivity contribution is 0.165. The van der Waals surface area contributed by atoms with Crippen molar-refractivity contribution in [2.24, 2.45) is 29.1 Å². The highest BCUT2D eigenvalue weighted by Crippen LogP contribution is 2.33. The highest BCUT2D eigenvalue weighted by atomic mass is 14.3. The van der Waals surface area contributed by atoms with Gasteiger partial charge in [0.25, 0.3) is 0 Å². The molecule has 0 aliphatic heterocycles. The summed E-state index contributed by atoms with van der Waals surface area (Å²) in [6.07, 6.45) is 0. The molecular weight excluding hydrogens is 240 g/mol. The molecule has 0 aliphatic carbocycles. The Morgan fingerprint density at radius 1 is 0.500 bits per heavy atom. The van der Waals surface area contributed by atoms with Crippen molar-refractivity contribution in [3.63, 3.8) is 0 Å². The van der Waals surface area contributed by atoms with Gasteiger partial charge < -0.3 is 0 Å². The molecule has 130 valence electrons. The van der Waals surface area contributed by atoms with Gasteiger partial charge in [-0.05, 0) is 29.1 Å². The third-order valence-corrected chi connectivity index (χ3v) is 2.98. The molecule has 0 aromatic carbocycles. The molecular formula is C20H50. The molecule has 0 nitrogen and oxygen atoms in total. The standard InChI is InChI=1S/C9H20.2C4H10.C2H6.CH4/c1-7(2)9(5,6)8(3)4;2*1-4(2)3;1-2;/h7-8H,1-6H3;2*4H,1-3H3;1-2H3;1H4. The van der Waals surface area contributed by atoms with Crippen molar-refractivity contribution in [2.75, 3.05) is 0 Å². The Hall–Kier alpha value is 0. The van der Waals surface area contributed by atoms with Gasteiger partial charge in [-0.15, -0.1) is 0 Å². The molecule has 0 aliphatic rings. The first-order chi connectivity index (χ1) is 8.35. The minimum atomic E-state index is 0. The van der Waals surface area contributed by atoms with Crippen LogP contribution in [0.5, 0.6) is 0 Å². The lowest BCUT2D eigenvalue weighted by Crippen LogP contribution is -2.25. The maximum absolute atomic E-state index is 2.34. The normalized spacial score (nSPS) is 9.90. The first-order valence-electron chi connectivity index (χ1n) is 8.35. The van der Waals surface area contributed by atoms with Crippen LogP contribution in [0.15, 0.2) is 0 Å². The molecule has 0 radical (unpaired) electrons. The van der Waals surface area contributed by atoms with Crippen molar-refractivity contribution >= 4 is 0 Å². The average Bonchev–Trinajstić information content (AvgIpc) is 2.18. The van der Waals surface area contributed by atoms with Gasteiger partial charge in [0.1, 0.15) is 0 Å². The zero-order valence-electron chi connectivity index (χ0n) is 16.8. The zero-order chi connectivity index (χ0) is 16.8.